The van der Waals surface area contributed by atoms with E-state index in [0.29, 0.717) is 6.07 Å². The molecule has 0 N–H and O–H groups in total. The Labute approximate surface area is 59.7 Å². The van der Waals surface area contributed by atoms with Crippen LogP contribution in [0.5, 0.6) is 0 Å². The molecule has 1 aromatic heterocycles. The van der Waals surface area contributed by atoms with Crippen molar-refractivity contribution < 1.29 is 17.6 Å². The van der Waals surface area contributed by atoms with Gasteiger partial charge in [-0.1, -0.05) is 0 Å². The summed E-state index contributed by atoms with van der Waals surface area (Å²) >= 11 is 0. The zero-order chi connectivity index (χ0) is 8.43. The summed E-state index contributed by atoms with van der Waals surface area (Å²) in [6, 6.07) is 1.35. The molecule has 0 saturated heterocycles. The minimum absolute atomic E-state index is 0.615. The van der Waals surface area contributed by atoms with Crippen LogP contribution < -0.4 is 0 Å². The van der Waals surface area contributed by atoms with Crippen LogP contribution in [0.3, 0.4) is 0 Å². The summed E-state index contributed by atoms with van der Waals surface area (Å²) in [7, 11) is 0. The van der Waals surface area contributed by atoms with Gasteiger partial charge in [0.1, 0.15) is 5.69 Å². The third-order valence-corrected chi connectivity index (χ3v) is 1.05. The Morgan fingerprint density at radius 2 is 1.82 bits per heavy atom. The van der Waals surface area contributed by atoms with Gasteiger partial charge in [0.05, 0.1) is 0 Å². The van der Waals surface area contributed by atoms with Crippen molar-refractivity contribution in [3.8, 4) is 0 Å². The SMILES string of the molecule is Fc1ccc(C(F)F)nc1F. The van der Waals surface area contributed by atoms with Crippen LogP contribution in [0.2, 0.25) is 0 Å². The largest absolute Gasteiger partial charge is 0.280 e. The van der Waals surface area contributed by atoms with Crippen LogP contribution in [0.15, 0.2) is 12.1 Å². The molecular weight excluding hydrogens is 162 g/mol. The second kappa shape index (κ2) is 2.86. The number of aromatic nitrogens is 1. The molecule has 11 heavy (non-hydrogen) atoms. The fraction of sp³-hybridized carbons (Fsp3) is 0.167. The average molecular weight is 165 g/mol. The summed E-state index contributed by atoms with van der Waals surface area (Å²) in [5.74, 6) is -2.72. The van der Waals surface area contributed by atoms with Crippen molar-refractivity contribution in [2.45, 2.75) is 6.43 Å². The van der Waals surface area contributed by atoms with Gasteiger partial charge in [-0.3, -0.25) is 0 Å². The molecule has 0 aliphatic carbocycles. The first-order valence-electron chi connectivity index (χ1n) is 2.71. The van der Waals surface area contributed by atoms with Gasteiger partial charge in [0.2, 0.25) is 5.95 Å². The lowest BCUT2D eigenvalue weighted by molar-refractivity contribution is 0.144. The smallest absolute Gasteiger partial charge is 0.216 e. The summed E-state index contributed by atoms with van der Waals surface area (Å²) in [4.78, 5) is 2.68. The van der Waals surface area contributed by atoms with Crippen LogP contribution in [0.4, 0.5) is 17.6 Å². The highest BCUT2D eigenvalue weighted by atomic mass is 19.3. The van der Waals surface area contributed by atoms with Crippen LogP contribution in [0, 0.1) is 11.8 Å². The molecule has 0 aromatic carbocycles. The fourth-order valence-electron chi connectivity index (χ4n) is 0.553. The predicted octanol–water partition coefficient (Wildman–Crippen LogP) is 2.30. The minimum atomic E-state index is -2.87. The van der Waals surface area contributed by atoms with Crippen LogP contribution in [0.1, 0.15) is 12.1 Å². The highest BCUT2D eigenvalue weighted by Crippen LogP contribution is 2.16. The predicted molar refractivity (Wildman–Crippen MR) is 29.1 cm³/mol. The highest BCUT2D eigenvalue weighted by molar-refractivity contribution is 5.07. The molecule has 0 atom stereocenters. The molecule has 1 nitrogen and oxygen atoms in total. The second-order valence-electron chi connectivity index (χ2n) is 1.81. The van der Waals surface area contributed by atoms with Gasteiger partial charge in [-0.25, -0.2) is 18.2 Å². The standard InChI is InChI=1S/C6H3F4N/c7-3-1-2-4(5(8)9)11-6(3)10/h1-2,5H. The molecule has 1 heterocycles. The first kappa shape index (κ1) is 7.97. The van der Waals surface area contributed by atoms with Gasteiger partial charge in [-0.05, 0) is 12.1 Å². The summed E-state index contributed by atoms with van der Waals surface area (Å²) in [6.07, 6.45) is -2.87. The van der Waals surface area contributed by atoms with Gasteiger partial charge in [-0.15, -0.1) is 0 Å². The number of nitrogens with zero attached hydrogens (tertiary/aromatic N) is 1. The number of hydrogen-bond acceptors (Lipinski definition) is 1. The maximum Gasteiger partial charge on any atom is 0.280 e. The molecule has 0 unspecified atom stereocenters. The third kappa shape index (κ3) is 1.66. The summed E-state index contributed by atoms with van der Waals surface area (Å²) in [5.41, 5.74) is -0.760. The van der Waals surface area contributed by atoms with Gasteiger partial charge >= 0.3 is 0 Å². The van der Waals surface area contributed by atoms with E-state index in [0.717, 1.165) is 6.07 Å². The van der Waals surface area contributed by atoms with Crippen LogP contribution in [-0.2, 0) is 0 Å². The lowest BCUT2D eigenvalue weighted by atomic mass is 10.3. The quantitative estimate of drug-likeness (QED) is 0.459. The van der Waals surface area contributed by atoms with Crippen LogP contribution in [0.25, 0.3) is 0 Å². The maximum atomic E-state index is 12.1. The van der Waals surface area contributed by atoms with Crippen LogP contribution in [-0.4, -0.2) is 4.98 Å². The van der Waals surface area contributed by atoms with Crippen molar-refractivity contribution in [3.63, 3.8) is 0 Å². The van der Waals surface area contributed by atoms with E-state index < -0.39 is 23.9 Å². The molecule has 0 radical (unpaired) electrons. The Morgan fingerprint density at radius 1 is 1.18 bits per heavy atom. The van der Waals surface area contributed by atoms with Crippen molar-refractivity contribution >= 4 is 0 Å². The Morgan fingerprint density at radius 3 is 2.27 bits per heavy atom. The van der Waals surface area contributed by atoms with Crippen molar-refractivity contribution in [3.05, 3.63) is 29.6 Å². The van der Waals surface area contributed by atoms with E-state index in [2.05, 4.69) is 4.98 Å². The molecule has 1 aromatic rings. The summed E-state index contributed by atoms with van der Waals surface area (Å²) in [5, 5.41) is 0. The van der Waals surface area contributed by atoms with Gasteiger partial charge in [0, 0.05) is 0 Å². The van der Waals surface area contributed by atoms with E-state index in [9.17, 15) is 17.6 Å². The van der Waals surface area contributed by atoms with E-state index in [1.807, 2.05) is 0 Å². The summed E-state index contributed by atoms with van der Waals surface area (Å²) < 4.78 is 47.7. The van der Waals surface area contributed by atoms with E-state index in [1.165, 1.54) is 0 Å². The number of alkyl halides is 2. The summed E-state index contributed by atoms with van der Waals surface area (Å²) in [6.45, 7) is 0. The number of hydrogen-bond donors (Lipinski definition) is 0. The van der Waals surface area contributed by atoms with Crippen LogP contribution >= 0.6 is 0 Å². The Balaban J connectivity index is 3.05. The van der Waals surface area contributed by atoms with Crippen molar-refractivity contribution in [1.82, 2.24) is 4.98 Å². The first-order valence-corrected chi connectivity index (χ1v) is 2.71. The van der Waals surface area contributed by atoms with E-state index in [-0.39, 0.29) is 0 Å². The van der Waals surface area contributed by atoms with Crippen molar-refractivity contribution in [2.24, 2.45) is 0 Å². The molecule has 5 heteroatoms. The molecule has 0 aliphatic heterocycles. The topological polar surface area (TPSA) is 12.9 Å². The van der Waals surface area contributed by atoms with Gasteiger partial charge in [-0.2, -0.15) is 4.39 Å². The minimum Gasteiger partial charge on any atom is -0.216 e. The normalized spacial score (nSPS) is 10.6. The second-order valence-corrected chi connectivity index (χ2v) is 1.81. The van der Waals surface area contributed by atoms with Gasteiger partial charge < -0.3 is 0 Å². The zero-order valence-electron chi connectivity index (χ0n) is 5.19. The number of halogens is 4. The van der Waals surface area contributed by atoms with E-state index in [4.69, 9.17) is 0 Å². The number of pyridine rings is 1. The van der Waals surface area contributed by atoms with Crippen molar-refractivity contribution in [2.75, 3.05) is 0 Å². The Hall–Kier alpha value is -1.13. The molecule has 0 aliphatic rings. The Bertz CT molecular complexity index is 261. The third-order valence-electron chi connectivity index (χ3n) is 1.05. The fourth-order valence-corrected chi connectivity index (χ4v) is 0.553. The molecule has 0 amide bonds. The zero-order valence-corrected chi connectivity index (χ0v) is 5.19. The molecular formula is C6H3F4N. The molecule has 0 bridgehead atoms. The highest BCUT2D eigenvalue weighted by Gasteiger charge is 2.11. The van der Waals surface area contributed by atoms with Gasteiger partial charge in [0.15, 0.2) is 5.82 Å². The maximum absolute atomic E-state index is 12.1. The van der Waals surface area contributed by atoms with Crippen molar-refractivity contribution in [1.29, 1.82) is 0 Å². The first-order chi connectivity index (χ1) is 5.11. The van der Waals surface area contributed by atoms with E-state index >= 15 is 0 Å². The lowest BCUT2D eigenvalue weighted by Gasteiger charge is -1.97. The molecule has 60 valence electrons. The number of rotatable bonds is 1. The van der Waals surface area contributed by atoms with E-state index in [1.54, 1.807) is 0 Å². The molecule has 0 spiro atoms. The molecule has 0 fully saturated rings. The Kier molecular flexibility index (Phi) is 2.07. The molecule has 0 saturated carbocycles. The lowest BCUT2D eigenvalue weighted by Crippen LogP contribution is -1.95. The average Bonchev–Trinajstić information content (AvgIpc) is 1.94. The molecule has 1 rings (SSSR count). The monoisotopic (exact) mass is 165 g/mol. The van der Waals surface area contributed by atoms with Gasteiger partial charge in [0.25, 0.3) is 6.43 Å².